The molecule has 36 heavy (non-hydrogen) atoms. The fraction of sp³-hybridized carbons (Fsp3) is 0.440. The normalized spacial score (nSPS) is 12.2. The molecule has 8 nitrogen and oxygen atoms in total. The standard InChI is InChI=1S/C25H33Cl2N3O5S/c1-17(2)28-25(32)18(3)29(16-21-22(26)11-7-12-23(21)27)24(31)13-8-14-30(36(5,33)34)19-9-6-10-20(15-19)35-4/h6-7,9-12,15,17-18H,8,13-14,16H2,1-5H3,(H,28,32). The van der Waals surface area contributed by atoms with Gasteiger partial charge in [-0.25, -0.2) is 8.42 Å². The van der Waals surface area contributed by atoms with E-state index in [1.807, 2.05) is 13.8 Å². The van der Waals surface area contributed by atoms with Gasteiger partial charge in [-0.3, -0.25) is 13.9 Å². The van der Waals surface area contributed by atoms with Crippen LogP contribution in [0.3, 0.4) is 0 Å². The number of hydrogen-bond donors (Lipinski definition) is 1. The molecule has 0 heterocycles. The van der Waals surface area contributed by atoms with Crippen LogP contribution in [0.2, 0.25) is 10.0 Å². The summed E-state index contributed by atoms with van der Waals surface area (Å²) < 4.78 is 31.4. The van der Waals surface area contributed by atoms with Crippen molar-refractivity contribution in [3.05, 3.63) is 58.1 Å². The first-order chi connectivity index (χ1) is 16.8. The molecule has 0 spiro atoms. The topological polar surface area (TPSA) is 96.0 Å². The third-order valence-corrected chi connectivity index (χ3v) is 7.38. The number of sulfonamides is 1. The van der Waals surface area contributed by atoms with Crippen molar-refractivity contribution >= 4 is 50.7 Å². The number of hydrogen-bond acceptors (Lipinski definition) is 5. The Kier molecular flexibility index (Phi) is 10.9. The van der Waals surface area contributed by atoms with Crippen molar-refractivity contribution in [2.45, 2.75) is 52.2 Å². The molecular formula is C25H33Cl2N3O5S. The molecule has 0 bridgehead atoms. The lowest BCUT2D eigenvalue weighted by molar-refractivity contribution is -0.140. The first kappa shape index (κ1) is 29.7. The predicted molar refractivity (Wildman–Crippen MR) is 144 cm³/mol. The minimum atomic E-state index is -3.61. The smallest absolute Gasteiger partial charge is 0.242 e. The Morgan fingerprint density at radius 2 is 1.67 bits per heavy atom. The first-order valence-corrected chi connectivity index (χ1v) is 14.1. The summed E-state index contributed by atoms with van der Waals surface area (Å²) >= 11 is 12.7. The lowest BCUT2D eigenvalue weighted by Crippen LogP contribution is -2.49. The van der Waals surface area contributed by atoms with Crippen molar-refractivity contribution < 1.29 is 22.7 Å². The van der Waals surface area contributed by atoms with Gasteiger partial charge in [-0.15, -0.1) is 0 Å². The maximum atomic E-state index is 13.3. The van der Waals surface area contributed by atoms with Gasteiger partial charge in [0.1, 0.15) is 11.8 Å². The zero-order chi connectivity index (χ0) is 27.0. The minimum absolute atomic E-state index is 0.0113. The van der Waals surface area contributed by atoms with Gasteiger partial charge in [-0.1, -0.05) is 35.3 Å². The maximum Gasteiger partial charge on any atom is 0.242 e. The highest BCUT2D eigenvalue weighted by molar-refractivity contribution is 7.92. The molecule has 0 aliphatic heterocycles. The Hall–Kier alpha value is -2.49. The van der Waals surface area contributed by atoms with E-state index in [9.17, 15) is 18.0 Å². The Bertz CT molecular complexity index is 1150. The van der Waals surface area contributed by atoms with Crippen LogP contribution < -0.4 is 14.4 Å². The van der Waals surface area contributed by atoms with Crippen LogP contribution in [0, 0.1) is 0 Å². The number of methoxy groups -OCH3 is 1. The zero-order valence-corrected chi connectivity index (χ0v) is 23.5. The third-order valence-electron chi connectivity index (χ3n) is 5.48. The highest BCUT2D eigenvalue weighted by Crippen LogP contribution is 2.27. The monoisotopic (exact) mass is 557 g/mol. The van der Waals surface area contributed by atoms with Gasteiger partial charge >= 0.3 is 0 Å². The second kappa shape index (κ2) is 13.2. The predicted octanol–water partition coefficient (Wildman–Crippen LogP) is 4.49. The lowest BCUT2D eigenvalue weighted by atomic mass is 10.1. The van der Waals surface area contributed by atoms with Crippen molar-refractivity contribution in [2.75, 3.05) is 24.2 Å². The van der Waals surface area contributed by atoms with Crippen molar-refractivity contribution in [3.8, 4) is 5.75 Å². The molecule has 0 fully saturated rings. The molecular weight excluding hydrogens is 525 g/mol. The third kappa shape index (κ3) is 8.28. The van der Waals surface area contributed by atoms with Crippen LogP contribution in [0.25, 0.3) is 0 Å². The van der Waals surface area contributed by atoms with E-state index in [-0.39, 0.29) is 43.8 Å². The Morgan fingerprint density at radius 3 is 2.22 bits per heavy atom. The molecule has 1 N–H and O–H groups in total. The van der Waals surface area contributed by atoms with Crippen LogP contribution >= 0.6 is 23.2 Å². The first-order valence-electron chi connectivity index (χ1n) is 11.5. The van der Waals surface area contributed by atoms with E-state index in [4.69, 9.17) is 27.9 Å². The molecule has 198 valence electrons. The fourth-order valence-corrected chi connectivity index (χ4v) is 5.09. The second-order valence-electron chi connectivity index (χ2n) is 8.70. The molecule has 2 aromatic rings. The van der Waals surface area contributed by atoms with Gasteiger partial charge in [-0.2, -0.15) is 0 Å². The van der Waals surface area contributed by atoms with Gasteiger partial charge in [-0.05, 0) is 51.5 Å². The number of ether oxygens (including phenoxy) is 1. The Morgan fingerprint density at radius 1 is 1.06 bits per heavy atom. The zero-order valence-electron chi connectivity index (χ0n) is 21.1. The van der Waals surface area contributed by atoms with Gasteiger partial charge in [0.05, 0.1) is 19.1 Å². The molecule has 0 aliphatic carbocycles. The van der Waals surface area contributed by atoms with Gasteiger partial charge in [0.15, 0.2) is 0 Å². The van der Waals surface area contributed by atoms with Crippen LogP contribution in [0.1, 0.15) is 39.2 Å². The highest BCUT2D eigenvalue weighted by atomic mass is 35.5. The quantitative estimate of drug-likeness (QED) is 0.414. The van der Waals surface area contributed by atoms with Gasteiger partial charge < -0.3 is 15.0 Å². The molecule has 11 heteroatoms. The van der Waals surface area contributed by atoms with E-state index in [1.54, 1.807) is 49.4 Å². The SMILES string of the molecule is COc1cccc(N(CCCC(=O)N(Cc2c(Cl)cccc2Cl)C(C)C(=O)NC(C)C)S(C)(=O)=O)c1. The van der Waals surface area contributed by atoms with Gasteiger partial charge in [0.2, 0.25) is 21.8 Å². The van der Waals surface area contributed by atoms with Gasteiger partial charge in [0.25, 0.3) is 0 Å². The number of nitrogens with one attached hydrogen (secondary N) is 1. The largest absolute Gasteiger partial charge is 0.497 e. The average molecular weight is 559 g/mol. The van der Waals surface area contributed by atoms with E-state index >= 15 is 0 Å². The summed E-state index contributed by atoms with van der Waals surface area (Å²) in [4.78, 5) is 27.5. The molecule has 0 saturated heterocycles. The van der Waals surface area contributed by atoms with Crippen LogP contribution in [0.4, 0.5) is 5.69 Å². The molecule has 1 atom stereocenters. The Balaban J connectivity index is 2.23. The minimum Gasteiger partial charge on any atom is -0.497 e. The van der Waals surface area contributed by atoms with Gasteiger partial charge in [0, 0.05) is 47.2 Å². The Labute approximate surface area is 223 Å². The summed E-state index contributed by atoms with van der Waals surface area (Å²) in [5, 5.41) is 3.60. The number of carbonyl (C=O) groups excluding carboxylic acids is 2. The van der Waals surface area contributed by atoms with E-state index in [0.29, 0.717) is 27.0 Å². The maximum absolute atomic E-state index is 13.3. The molecule has 2 amide bonds. The summed E-state index contributed by atoms with van der Waals surface area (Å²) in [6.07, 6.45) is 1.35. The van der Waals surface area contributed by atoms with Crippen LogP contribution in [-0.4, -0.2) is 57.1 Å². The van der Waals surface area contributed by atoms with Crippen molar-refractivity contribution in [3.63, 3.8) is 0 Å². The summed E-state index contributed by atoms with van der Waals surface area (Å²) in [7, 11) is -2.11. The number of amides is 2. The number of halogens is 2. The molecule has 0 radical (unpaired) electrons. The van der Waals surface area contributed by atoms with Crippen molar-refractivity contribution in [1.29, 1.82) is 0 Å². The number of benzene rings is 2. The van der Waals surface area contributed by atoms with Crippen molar-refractivity contribution in [1.82, 2.24) is 10.2 Å². The number of anilines is 1. The highest BCUT2D eigenvalue weighted by Gasteiger charge is 2.28. The molecule has 0 aromatic heterocycles. The molecule has 0 aliphatic rings. The van der Waals surface area contributed by atoms with Crippen LogP contribution in [0.5, 0.6) is 5.75 Å². The van der Waals surface area contributed by atoms with E-state index in [1.165, 1.54) is 16.3 Å². The summed E-state index contributed by atoms with van der Waals surface area (Å²) in [5.41, 5.74) is 0.973. The summed E-state index contributed by atoms with van der Waals surface area (Å²) in [6.45, 7) is 5.42. The molecule has 2 aromatic carbocycles. The number of rotatable bonds is 12. The molecule has 2 rings (SSSR count). The van der Waals surface area contributed by atoms with Crippen molar-refractivity contribution in [2.24, 2.45) is 0 Å². The lowest BCUT2D eigenvalue weighted by Gasteiger charge is -2.30. The van der Waals surface area contributed by atoms with E-state index in [2.05, 4.69) is 5.32 Å². The number of carbonyl (C=O) groups is 2. The molecule has 1 unspecified atom stereocenters. The summed E-state index contributed by atoms with van der Waals surface area (Å²) in [6, 6.07) is 10.8. The summed E-state index contributed by atoms with van der Waals surface area (Å²) in [5.74, 6) is -0.114. The van der Waals surface area contributed by atoms with E-state index < -0.39 is 16.1 Å². The fourth-order valence-electron chi connectivity index (χ4n) is 3.61. The average Bonchev–Trinajstić information content (AvgIpc) is 2.80. The molecule has 0 saturated carbocycles. The van der Waals surface area contributed by atoms with Crippen LogP contribution in [0.15, 0.2) is 42.5 Å². The number of nitrogens with zero attached hydrogens (tertiary/aromatic N) is 2. The second-order valence-corrected chi connectivity index (χ2v) is 11.4. The van der Waals surface area contributed by atoms with E-state index in [0.717, 1.165) is 6.26 Å². The van der Waals surface area contributed by atoms with Crippen LogP contribution in [-0.2, 0) is 26.2 Å².